The van der Waals surface area contributed by atoms with Crippen molar-refractivity contribution >= 4 is 0 Å². The van der Waals surface area contributed by atoms with Crippen molar-refractivity contribution in [3.05, 3.63) is 30.1 Å². The molecule has 0 fully saturated rings. The smallest absolute Gasteiger partial charge is 0.165 e. The Morgan fingerprint density at radius 2 is 2.00 bits per heavy atom. The van der Waals surface area contributed by atoms with Crippen molar-refractivity contribution < 1.29 is 19.3 Å². The van der Waals surface area contributed by atoms with E-state index in [4.69, 9.17) is 9.84 Å². The summed E-state index contributed by atoms with van der Waals surface area (Å²) in [4.78, 5) is 0. The highest BCUT2D eigenvalue weighted by Crippen LogP contribution is 2.15. The van der Waals surface area contributed by atoms with Crippen LogP contribution in [0.5, 0.6) is 5.75 Å². The molecule has 0 bridgehead atoms. The molecule has 1 aromatic carbocycles. The Labute approximate surface area is 100 Å². The average molecular weight is 243 g/mol. The standard InChI is InChI=1S/C12H18FNO3/c1-9(15)6-14-7-10(16)8-17-12-5-3-2-4-11(12)13/h2-5,9-10,14-16H,6-8H2,1H3/t9-,10-/m0/s1. The van der Waals surface area contributed by atoms with Gasteiger partial charge in [-0.1, -0.05) is 12.1 Å². The number of halogens is 1. The third-order valence-electron chi connectivity index (χ3n) is 2.09. The second kappa shape index (κ2) is 7.21. The molecule has 5 heteroatoms. The Balaban J connectivity index is 2.24. The summed E-state index contributed by atoms with van der Waals surface area (Å²) in [5.41, 5.74) is 0. The van der Waals surface area contributed by atoms with E-state index in [1.165, 1.54) is 12.1 Å². The van der Waals surface area contributed by atoms with Crippen molar-refractivity contribution in [1.29, 1.82) is 0 Å². The zero-order valence-electron chi connectivity index (χ0n) is 9.77. The van der Waals surface area contributed by atoms with Gasteiger partial charge >= 0.3 is 0 Å². The minimum atomic E-state index is -0.742. The summed E-state index contributed by atoms with van der Waals surface area (Å²) in [6, 6.07) is 6.04. The van der Waals surface area contributed by atoms with Crippen molar-refractivity contribution in [2.75, 3.05) is 19.7 Å². The molecular weight excluding hydrogens is 225 g/mol. The van der Waals surface area contributed by atoms with Crippen molar-refractivity contribution in [3.63, 3.8) is 0 Å². The lowest BCUT2D eigenvalue weighted by Crippen LogP contribution is -2.35. The quantitative estimate of drug-likeness (QED) is 0.654. The van der Waals surface area contributed by atoms with Crippen LogP contribution in [0.4, 0.5) is 4.39 Å². The maximum Gasteiger partial charge on any atom is 0.165 e. The predicted octanol–water partition coefficient (Wildman–Crippen LogP) is 0.536. The summed E-state index contributed by atoms with van der Waals surface area (Å²) in [5, 5.41) is 21.4. The molecule has 1 aromatic rings. The Morgan fingerprint density at radius 1 is 1.29 bits per heavy atom. The van der Waals surface area contributed by atoms with Gasteiger partial charge in [-0.15, -0.1) is 0 Å². The molecule has 0 aliphatic rings. The molecule has 2 atom stereocenters. The van der Waals surface area contributed by atoms with E-state index in [9.17, 15) is 9.50 Å². The largest absolute Gasteiger partial charge is 0.488 e. The number of aliphatic hydroxyl groups is 2. The molecule has 0 radical (unpaired) electrons. The van der Waals surface area contributed by atoms with E-state index in [-0.39, 0.29) is 12.4 Å². The first-order valence-corrected chi connectivity index (χ1v) is 5.53. The zero-order chi connectivity index (χ0) is 12.7. The van der Waals surface area contributed by atoms with Crippen LogP contribution >= 0.6 is 0 Å². The fourth-order valence-corrected chi connectivity index (χ4v) is 1.27. The molecule has 17 heavy (non-hydrogen) atoms. The Morgan fingerprint density at radius 3 is 2.65 bits per heavy atom. The molecule has 0 unspecified atom stereocenters. The fraction of sp³-hybridized carbons (Fsp3) is 0.500. The SMILES string of the molecule is C[C@H](O)CNC[C@H](O)COc1ccccc1F. The summed E-state index contributed by atoms with van der Waals surface area (Å²) in [7, 11) is 0. The van der Waals surface area contributed by atoms with Gasteiger partial charge in [-0.05, 0) is 19.1 Å². The van der Waals surface area contributed by atoms with Gasteiger partial charge in [-0.25, -0.2) is 4.39 Å². The number of hydrogen-bond donors (Lipinski definition) is 3. The normalized spacial score (nSPS) is 14.4. The molecule has 96 valence electrons. The predicted molar refractivity (Wildman–Crippen MR) is 62.5 cm³/mol. The van der Waals surface area contributed by atoms with Crippen LogP contribution in [0, 0.1) is 5.82 Å². The van der Waals surface area contributed by atoms with Gasteiger partial charge in [-0.2, -0.15) is 0 Å². The van der Waals surface area contributed by atoms with Gasteiger partial charge in [0.1, 0.15) is 12.7 Å². The van der Waals surface area contributed by atoms with E-state index in [0.29, 0.717) is 13.1 Å². The van der Waals surface area contributed by atoms with Crippen LogP contribution in [0.1, 0.15) is 6.92 Å². The molecule has 0 aromatic heterocycles. The summed E-state index contributed by atoms with van der Waals surface area (Å²) >= 11 is 0. The lowest BCUT2D eigenvalue weighted by Gasteiger charge is -2.14. The first kappa shape index (κ1) is 13.9. The minimum Gasteiger partial charge on any atom is -0.488 e. The maximum atomic E-state index is 13.1. The highest BCUT2D eigenvalue weighted by Gasteiger charge is 2.07. The van der Waals surface area contributed by atoms with E-state index >= 15 is 0 Å². The lowest BCUT2D eigenvalue weighted by atomic mass is 10.3. The van der Waals surface area contributed by atoms with Crippen LogP contribution in [-0.4, -0.2) is 42.1 Å². The van der Waals surface area contributed by atoms with Crippen LogP contribution in [0.2, 0.25) is 0 Å². The van der Waals surface area contributed by atoms with Gasteiger partial charge in [-0.3, -0.25) is 0 Å². The highest BCUT2D eigenvalue weighted by atomic mass is 19.1. The van der Waals surface area contributed by atoms with Crippen LogP contribution in [0.25, 0.3) is 0 Å². The van der Waals surface area contributed by atoms with Gasteiger partial charge in [0.15, 0.2) is 11.6 Å². The second-order valence-corrected chi connectivity index (χ2v) is 3.90. The van der Waals surface area contributed by atoms with E-state index in [2.05, 4.69) is 5.32 Å². The molecule has 0 spiro atoms. The number of nitrogens with one attached hydrogen (secondary N) is 1. The van der Waals surface area contributed by atoms with Crippen LogP contribution in [-0.2, 0) is 0 Å². The van der Waals surface area contributed by atoms with E-state index < -0.39 is 18.0 Å². The number of para-hydroxylation sites is 1. The van der Waals surface area contributed by atoms with E-state index in [1.54, 1.807) is 19.1 Å². The van der Waals surface area contributed by atoms with Crippen molar-refractivity contribution in [1.82, 2.24) is 5.32 Å². The molecule has 0 aliphatic heterocycles. The number of aliphatic hydroxyl groups excluding tert-OH is 2. The van der Waals surface area contributed by atoms with Gasteiger partial charge in [0.25, 0.3) is 0 Å². The molecule has 1 rings (SSSR count). The minimum absolute atomic E-state index is 0.00768. The first-order valence-electron chi connectivity index (χ1n) is 5.53. The van der Waals surface area contributed by atoms with Gasteiger partial charge in [0, 0.05) is 13.1 Å². The van der Waals surface area contributed by atoms with Crippen LogP contribution < -0.4 is 10.1 Å². The molecule has 4 nitrogen and oxygen atoms in total. The summed E-state index contributed by atoms with van der Waals surface area (Å²) in [6.45, 7) is 2.35. The first-order chi connectivity index (χ1) is 8.09. The van der Waals surface area contributed by atoms with Crippen LogP contribution in [0.15, 0.2) is 24.3 Å². The molecule has 0 amide bonds. The topological polar surface area (TPSA) is 61.7 Å². The Kier molecular flexibility index (Phi) is 5.90. The Hall–Kier alpha value is -1.17. The third kappa shape index (κ3) is 5.63. The average Bonchev–Trinajstić information content (AvgIpc) is 2.27. The molecule has 0 saturated heterocycles. The second-order valence-electron chi connectivity index (χ2n) is 3.90. The molecular formula is C12H18FNO3. The third-order valence-corrected chi connectivity index (χ3v) is 2.09. The number of ether oxygens (including phenoxy) is 1. The molecule has 0 saturated carbocycles. The van der Waals surface area contributed by atoms with E-state index in [1.807, 2.05) is 0 Å². The summed E-state index contributed by atoms with van der Waals surface area (Å²) in [5.74, 6) is -0.321. The maximum absolute atomic E-state index is 13.1. The van der Waals surface area contributed by atoms with Crippen molar-refractivity contribution in [3.8, 4) is 5.75 Å². The zero-order valence-corrected chi connectivity index (χ0v) is 9.77. The molecule has 3 N–H and O–H groups in total. The molecule has 0 heterocycles. The summed E-state index contributed by atoms with van der Waals surface area (Å²) < 4.78 is 18.3. The lowest BCUT2D eigenvalue weighted by molar-refractivity contribution is 0.0992. The van der Waals surface area contributed by atoms with Gasteiger partial charge < -0.3 is 20.3 Å². The fourth-order valence-electron chi connectivity index (χ4n) is 1.27. The number of rotatable bonds is 7. The van der Waals surface area contributed by atoms with Crippen molar-refractivity contribution in [2.45, 2.75) is 19.1 Å². The van der Waals surface area contributed by atoms with Gasteiger partial charge in [0.05, 0.1) is 6.10 Å². The molecule has 0 aliphatic carbocycles. The Bertz CT molecular complexity index is 333. The highest BCUT2D eigenvalue weighted by molar-refractivity contribution is 5.23. The monoisotopic (exact) mass is 243 g/mol. The van der Waals surface area contributed by atoms with E-state index in [0.717, 1.165) is 0 Å². The van der Waals surface area contributed by atoms with Gasteiger partial charge in [0.2, 0.25) is 0 Å². The van der Waals surface area contributed by atoms with Crippen molar-refractivity contribution in [2.24, 2.45) is 0 Å². The summed E-state index contributed by atoms with van der Waals surface area (Å²) in [6.07, 6.45) is -1.21. The number of benzene rings is 1. The number of hydrogen-bond acceptors (Lipinski definition) is 4. The van der Waals surface area contributed by atoms with Crippen LogP contribution in [0.3, 0.4) is 0 Å².